The van der Waals surface area contributed by atoms with Gasteiger partial charge in [-0.15, -0.1) is 0 Å². The summed E-state index contributed by atoms with van der Waals surface area (Å²) in [5, 5.41) is 6.63. The van der Waals surface area contributed by atoms with Crippen molar-refractivity contribution in [2.45, 2.75) is 83.4 Å². The monoisotopic (exact) mass is 707 g/mol. The Bertz CT molecular complexity index is 1780. The summed E-state index contributed by atoms with van der Waals surface area (Å²) in [6.45, 7) is 12.7. The second-order valence-electron chi connectivity index (χ2n) is 15.7. The van der Waals surface area contributed by atoms with Crippen LogP contribution in [0.3, 0.4) is 0 Å². The van der Waals surface area contributed by atoms with Gasteiger partial charge < -0.3 is 29.7 Å². The Morgan fingerprint density at radius 2 is 1.62 bits per heavy atom. The van der Waals surface area contributed by atoms with Crippen LogP contribution in [0.25, 0.3) is 11.2 Å². The Balaban J connectivity index is 0.829. The maximum absolute atomic E-state index is 12.5. The number of piperidine rings is 1. The Morgan fingerprint density at radius 3 is 2.33 bits per heavy atom. The molecule has 1 aliphatic carbocycles. The molecule has 2 N–H and O–H groups in total. The van der Waals surface area contributed by atoms with E-state index in [4.69, 9.17) is 4.74 Å². The van der Waals surface area contributed by atoms with Gasteiger partial charge in [-0.3, -0.25) is 9.69 Å². The zero-order chi connectivity index (χ0) is 36.1. The zero-order valence-corrected chi connectivity index (χ0v) is 30.8. The lowest BCUT2D eigenvalue weighted by molar-refractivity contribution is -0.121. The molecule has 2 saturated heterocycles. The third kappa shape index (κ3) is 9.01. The molecule has 3 aliphatic rings. The summed E-state index contributed by atoms with van der Waals surface area (Å²) >= 11 is 0. The van der Waals surface area contributed by atoms with Crippen molar-refractivity contribution >= 4 is 40.4 Å². The second kappa shape index (κ2) is 15.9. The molecule has 2 aromatic carbocycles. The van der Waals surface area contributed by atoms with Crippen molar-refractivity contribution in [3.05, 3.63) is 72.8 Å². The number of ether oxygens (including phenoxy) is 1. The Labute approximate surface area is 306 Å². The first kappa shape index (κ1) is 35.7. The molecule has 0 unspecified atom stereocenters. The van der Waals surface area contributed by atoms with Crippen molar-refractivity contribution in [1.82, 2.24) is 34.6 Å². The van der Waals surface area contributed by atoms with E-state index in [2.05, 4.69) is 64.2 Å². The lowest BCUT2D eigenvalue weighted by Gasteiger charge is -2.37. The number of piperazine rings is 1. The van der Waals surface area contributed by atoms with Gasteiger partial charge in [-0.1, -0.05) is 30.3 Å². The minimum absolute atomic E-state index is 0.0603. The average Bonchev–Trinajstić information content (AvgIpc) is 3.55. The molecule has 4 heterocycles. The van der Waals surface area contributed by atoms with Crippen LogP contribution in [0.4, 0.5) is 22.0 Å². The fraction of sp³-hybridized carbons (Fsp3) is 0.525. The highest BCUT2D eigenvalue weighted by Gasteiger charge is 2.33. The molecule has 276 valence electrons. The highest BCUT2D eigenvalue weighted by Crippen LogP contribution is 2.35. The van der Waals surface area contributed by atoms with Gasteiger partial charge in [0.25, 0.3) is 0 Å². The smallest absolute Gasteiger partial charge is 0.410 e. The summed E-state index contributed by atoms with van der Waals surface area (Å²) in [5.41, 5.74) is 4.31. The molecule has 0 bridgehead atoms. The molecule has 52 heavy (non-hydrogen) atoms. The van der Waals surface area contributed by atoms with E-state index in [0.29, 0.717) is 18.2 Å². The summed E-state index contributed by atoms with van der Waals surface area (Å²) in [7, 11) is 0. The number of carbonyl (C=O) groups is 2. The number of hydrogen-bond donors (Lipinski definition) is 2. The van der Waals surface area contributed by atoms with Crippen molar-refractivity contribution in [3.63, 3.8) is 0 Å². The van der Waals surface area contributed by atoms with Gasteiger partial charge in [-0.05, 0) is 102 Å². The van der Waals surface area contributed by atoms with E-state index in [1.807, 2.05) is 62.3 Å². The van der Waals surface area contributed by atoms with Crippen LogP contribution in [0, 0.1) is 5.92 Å². The number of nitrogens with one attached hydrogen (secondary N) is 2. The van der Waals surface area contributed by atoms with Gasteiger partial charge in [0.1, 0.15) is 11.9 Å². The number of carbonyl (C=O) groups excluding carboxylic acids is 2. The van der Waals surface area contributed by atoms with Gasteiger partial charge in [-0.2, -0.15) is 0 Å². The van der Waals surface area contributed by atoms with Gasteiger partial charge in [0.2, 0.25) is 5.91 Å². The van der Waals surface area contributed by atoms with Gasteiger partial charge >= 0.3 is 6.09 Å². The first-order chi connectivity index (χ1) is 25.2. The maximum Gasteiger partial charge on any atom is 0.410 e. The summed E-state index contributed by atoms with van der Waals surface area (Å²) in [5.74, 6) is 1.44. The quantitative estimate of drug-likeness (QED) is 0.188. The number of likely N-dealkylation sites (tertiary alicyclic amines) is 1. The Morgan fingerprint density at radius 1 is 0.885 bits per heavy atom. The number of imidazole rings is 1. The third-order valence-electron chi connectivity index (χ3n) is 10.7. The van der Waals surface area contributed by atoms with Crippen molar-refractivity contribution in [2.24, 2.45) is 5.92 Å². The Hall–Kier alpha value is -4.71. The number of anilines is 3. The second-order valence-corrected chi connectivity index (χ2v) is 15.7. The standard InChI is InChI=1S/C40H53N9O3/c1-40(2,3)52-39(51)48-18-15-29(16-19-48)10-7-17-46-20-22-47(23-21-46)33-13-11-31(12-14-33)45-37-36-38(42-27-41-37)49(28-43-36)34-25-32(26-34)44-35(50)24-30-8-5-4-6-9-30/h4-6,8-9,11-14,27-29,32,34H,7,10,15-26H2,1-3H3,(H,44,50)(H,41,42,45). The minimum atomic E-state index is -0.439. The lowest BCUT2D eigenvalue weighted by Crippen LogP contribution is -2.46. The maximum atomic E-state index is 12.5. The van der Waals surface area contributed by atoms with Crippen LogP contribution in [0.5, 0.6) is 0 Å². The van der Waals surface area contributed by atoms with Crippen LogP contribution in [-0.4, -0.2) is 98.8 Å². The van der Waals surface area contributed by atoms with E-state index < -0.39 is 5.60 Å². The largest absolute Gasteiger partial charge is 0.444 e. The van der Waals surface area contributed by atoms with Crippen LogP contribution in [0.15, 0.2) is 67.3 Å². The minimum Gasteiger partial charge on any atom is -0.444 e. The molecular formula is C40H53N9O3. The van der Waals surface area contributed by atoms with E-state index in [1.54, 1.807) is 6.33 Å². The number of amides is 2. The van der Waals surface area contributed by atoms with Gasteiger partial charge in [-0.25, -0.2) is 19.7 Å². The van der Waals surface area contributed by atoms with Crippen LogP contribution in [0.1, 0.15) is 70.9 Å². The molecule has 0 spiro atoms. The van der Waals surface area contributed by atoms with E-state index in [0.717, 1.165) is 93.9 Å². The molecule has 0 radical (unpaired) electrons. The van der Waals surface area contributed by atoms with Crippen molar-refractivity contribution in [1.29, 1.82) is 0 Å². The van der Waals surface area contributed by atoms with Crippen molar-refractivity contribution in [3.8, 4) is 0 Å². The summed E-state index contributed by atoms with van der Waals surface area (Å²) in [6, 6.07) is 18.8. The number of aromatic nitrogens is 4. The first-order valence-electron chi connectivity index (χ1n) is 19.0. The Kier molecular flexibility index (Phi) is 10.9. The van der Waals surface area contributed by atoms with Crippen LogP contribution < -0.4 is 15.5 Å². The fourth-order valence-corrected chi connectivity index (χ4v) is 7.66. The summed E-state index contributed by atoms with van der Waals surface area (Å²) in [6.07, 6.45) is 9.95. The topological polar surface area (TPSA) is 121 Å². The van der Waals surface area contributed by atoms with E-state index in [9.17, 15) is 9.59 Å². The van der Waals surface area contributed by atoms with Crippen LogP contribution >= 0.6 is 0 Å². The van der Waals surface area contributed by atoms with Gasteiger partial charge in [0.05, 0.1) is 12.7 Å². The fourth-order valence-electron chi connectivity index (χ4n) is 7.66. The van der Waals surface area contributed by atoms with Gasteiger partial charge in [0, 0.05) is 62.7 Å². The highest BCUT2D eigenvalue weighted by molar-refractivity contribution is 5.85. The molecule has 0 atom stereocenters. The lowest BCUT2D eigenvalue weighted by atomic mass is 9.86. The van der Waals surface area contributed by atoms with Crippen molar-refractivity contribution < 1.29 is 14.3 Å². The molecule has 1 saturated carbocycles. The first-order valence-corrected chi connectivity index (χ1v) is 19.0. The molecule has 12 heteroatoms. The van der Waals surface area contributed by atoms with E-state index >= 15 is 0 Å². The predicted octanol–water partition coefficient (Wildman–Crippen LogP) is 6.18. The number of nitrogens with zero attached hydrogens (tertiary/aromatic N) is 7. The number of benzene rings is 2. The highest BCUT2D eigenvalue weighted by atomic mass is 16.6. The zero-order valence-electron chi connectivity index (χ0n) is 30.8. The number of hydrogen-bond acceptors (Lipinski definition) is 9. The normalized spacial score (nSPS) is 20.1. The van der Waals surface area contributed by atoms with Crippen molar-refractivity contribution in [2.75, 3.05) is 56.0 Å². The predicted molar refractivity (Wildman–Crippen MR) is 204 cm³/mol. The number of rotatable bonds is 11. The van der Waals surface area contributed by atoms with Crippen LogP contribution in [0.2, 0.25) is 0 Å². The van der Waals surface area contributed by atoms with Gasteiger partial charge in [0.15, 0.2) is 17.0 Å². The molecule has 2 amide bonds. The molecule has 7 rings (SSSR count). The molecule has 2 aliphatic heterocycles. The molecule has 4 aromatic rings. The SMILES string of the molecule is CC(C)(C)OC(=O)N1CCC(CCCN2CCN(c3ccc(Nc4ncnc5c4ncn5C4CC(NC(=O)Cc5ccccc5)C4)cc3)CC2)CC1. The molecule has 3 fully saturated rings. The summed E-state index contributed by atoms with van der Waals surface area (Å²) < 4.78 is 7.66. The molecular weight excluding hydrogens is 654 g/mol. The number of fused-ring (bicyclic) bond motifs is 1. The summed E-state index contributed by atoms with van der Waals surface area (Å²) in [4.78, 5) is 45.6. The van der Waals surface area contributed by atoms with E-state index in [-0.39, 0.29) is 24.1 Å². The third-order valence-corrected chi connectivity index (χ3v) is 10.7. The molecule has 2 aromatic heterocycles. The van der Waals surface area contributed by atoms with Crippen LogP contribution in [-0.2, 0) is 16.0 Å². The average molecular weight is 708 g/mol. The molecule has 12 nitrogen and oxygen atoms in total. The van der Waals surface area contributed by atoms with E-state index in [1.165, 1.54) is 18.5 Å².